The van der Waals surface area contributed by atoms with Crippen molar-refractivity contribution in [1.82, 2.24) is 10.3 Å². The largest absolute Gasteiger partial charge is 0.315 e. The van der Waals surface area contributed by atoms with E-state index in [1.165, 1.54) is 16.0 Å². The Morgan fingerprint density at radius 3 is 2.53 bits per heavy atom. The summed E-state index contributed by atoms with van der Waals surface area (Å²) in [6.07, 6.45) is 1.09. The van der Waals surface area contributed by atoms with Crippen molar-refractivity contribution in [2.75, 3.05) is 7.05 Å². The van der Waals surface area contributed by atoms with Gasteiger partial charge in [-0.25, -0.2) is 4.98 Å². The topological polar surface area (TPSA) is 24.9 Å². The molecule has 2 aromatic rings. The lowest BCUT2D eigenvalue weighted by atomic mass is 10.1. The molecule has 0 fully saturated rings. The average molecular weight is 246 g/mol. The number of aromatic nitrogens is 1. The van der Waals surface area contributed by atoms with Crippen LogP contribution in [0.4, 0.5) is 0 Å². The van der Waals surface area contributed by atoms with Crippen LogP contribution in [-0.4, -0.2) is 12.0 Å². The van der Waals surface area contributed by atoms with Gasteiger partial charge in [-0.3, -0.25) is 0 Å². The molecule has 1 heterocycles. The minimum absolute atomic E-state index is 0.899. The van der Waals surface area contributed by atoms with Gasteiger partial charge in [0.2, 0.25) is 0 Å². The third-order valence-corrected chi connectivity index (χ3v) is 4.05. The highest BCUT2D eigenvalue weighted by Gasteiger charge is 2.08. The molecule has 0 atom stereocenters. The summed E-state index contributed by atoms with van der Waals surface area (Å²) in [6, 6.07) is 8.70. The first-order valence-electron chi connectivity index (χ1n) is 5.94. The van der Waals surface area contributed by atoms with E-state index in [1.54, 1.807) is 11.3 Å². The van der Waals surface area contributed by atoms with Crippen LogP contribution in [-0.2, 0) is 13.0 Å². The van der Waals surface area contributed by atoms with Gasteiger partial charge < -0.3 is 5.32 Å². The van der Waals surface area contributed by atoms with Crippen molar-refractivity contribution in [1.29, 1.82) is 0 Å². The second-order valence-corrected chi connectivity index (χ2v) is 5.19. The second-order valence-electron chi connectivity index (χ2n) is 4.11. The molecule has 0 aliphatic heterocycles. The Morgan fingerprint density at radius 2 is 1.94 bits per heavy atom. The fraction of sp³-hybridized carbons (Fsp3) is 0.357. The molecule has 0 aliphatic carbocycles. The van der Waals surface area contributed by atoms with E-state index in [0.29, 0.717) is 0 Å². The van der Waals surface area contributed by atoms with Crippen molar-refractivity contribution >= 4 is 11.3 Å². The van der Waals surface area contributed by atoms with Gasteiger partial charge in [0.05, 0.1) is 5.69 Å². The van der Waals surface area contributed by atoms with E-state index in [0.717, 1.165) is 23.7 Å². The molecule has 90 valence electrons. The van der Waals surface area contributed by atoms with Crippen molar-refractivity contribution < 1.29 is 0 Å². The molecule has 0 radical (unpaired) electrons. The molecule has 0 aliphatic rings. The van der Waals surface area contributed by atoms with Gasteiger partial charge in [0.25, 0.3) is 0 Å². The van der Waals surface area contributed by atoms with Crippen LogP contribution in [0.25, 0.3) is 10.6 Å². The molecule has 3 heteroatoms. The average Bonchev–Trinajstić information content (AvgIpc) is 2.72. The monoisotopic (exact) mass is 246 g/mol. The number of aryl methyl sites for hydroxylation is 2. The fourth-order valence-electron chi connectivity index (χ4n) is 1.76. The summed E-state index contributed by atoms with van der Waals surface area (Å²) in [6.45, 7) is 5.15. The zero-order valence-electron chi connectivity index (χ0n) is 10.6. The van der Waals surface area contributed by atoms with Gasteiger partial charge in [0, 0.05) is 17.0 Å². The lowest BCUT2D eigenvalue weighted by Crippen LogP contribution is -2.04. The maximum absolute atomic E-state index is 4.63. The molecule has 1 aromatic heterocycles. The number of hydrogen-bond acceptors (Lipinski definition) is 3. The molecule has 2 rings (SSSR count). The highest BCUT2D eigenvalue weighted by atomic mass is 32.1. The van der Waals surface area contributed by atoms with Gasteiger partial charge in [-0.1, -0.05) is 31.2 Å². The van der Waals surface area contributed by atoms with Gasteiger partial charge in [-0.05, 0) is 26.0 Å². The van der Waals surface area contributed by atoms with Crippen molar-refractivity contribution in [2.24, 2.45) is 0 Å². The minimum Gasteiger partial charge on any atom is -0.315 e. The maximum atomic E-state index is 4.63. The summed E-state index contributed by atoms with van der Waals surface area (Å²) in [5, 5.41) is 4.30. The first-order chi connectivity index (χ1) is 8.24. The molecular formula is C14H18N2S. The number of nitrogens with zero attached hydrogens (tertiary/aromatic N) is 1. The maximum Gasteiger partial charge on any atom is 0.123 e. The van der Waals surface area contributed by atoms with E-state index < -0.39 is 0 Å². The Labute approximate surface area is 107 Å². The lowest BCUT2D eigenvalue weighted by Gasteiger charge is -1.98. The number of hydrogen-bond donors (Lipinski definition) is 1. The van der Waals surface area contributed by atoms with Crippen LogP contribution in [0.3, 0.4) is 0 Å². The second kappa shape index (κ2) is 5.43. The molecule has 0 saturated heterocycles. The third kappa shape index (κ3) is 2.73. The zero-order valence-corrected chi connectivity index (χ0v) is 11.4. The van der Waals surface area contributed by atoms with Crippen LogP contribution in [0.5, 0.6) is 0 Å². The highest BCUT2D eigenvalue weighted by Crippen LogP contribution is 2.28. The smallest absolute Gasteiger partial charge is 0.123 e. The fourth-order valence-corrected chi connectivity index (χ4v) is 2.84. The van der Waals surface area contributed by atoms with Gasteiger partial charge in [-0.2, -0.15) is 0 Å². The van der Waals surface area contributed by atoms with Crippen LogP contribution in [0, 0.1) is 6.92 Å². The number of thiazole rings is 1. The van der Waals surface area contributed by atoms with Crippen LogP contribution < -0.4 is 5.32 Å². The van der Waals surface area contributed by atoms with Crippen molar-refractivity contribution in [3.63, 3.8) is 0 Å². The predicted octanol–water partition coefficient (Wildman–Crippen LogP) is 3.40. The summed E-state index contributed by atoms with van der Waals surface area (Å²) in [5.41, 5.74) is 3.73. The molecule has 2 nitrogen and oxygen atoms in total. The summed E-state index contributed by atoms with van der Waals surface area (Å²) in [7, 11) is 1.97. The Balaban J connectivity index is 2.29. The Bertz CT molecular complexity index is 485. The number of rotatable bonds is 4. The van der Waals surface area contributed by atoms with E-state index in [1.807, 2.05) is 7.05 Å². The van der Waals surface area contributed by atoms with E-state index in [9.17, 15) is 0 Å². The van der Waals surface area contributed by atoms with E-state index in [-0.39, 0.29) is 0 Å². The quantitative estimate of drug-likeness (QED) is 0.894. The van der Waals surface area contributed by atoms with E-state index >= 15 is 0 Å². The summed E-state index contributed by atoms with van der Waals surface area (Å²) in [5.74, 6) is 0. The molecule has 17 heavy (non-hydrogen) atoms. The molecule has 1 aromatic carbocycles. The van der Waals surface area contributed by atoms with Gasteiger partial charge >= 0.3 is 0 Å². The standard InChI is InChI=1S/C14H18N2S/c1-4-11-5-7-12(8-6-11)14-16-10(2)13(17-14)9-15-3/h5-8,15H,4,9H2,1-3H3. The van der Waals surface area contributed by atoms with Crippen LogP contribution in [0.15, 0.2) is 24.3 Å². The van der Waals surface area contributed by atoms with Crippen LogP contribution in [0.2, 0.25) is 0 Å². The first-order valence-corrected chi connectivity index (χ1v) is 6.76. The molecule has 0 unspecified atom stereocenters. The highest BCUT2D eigenvalue weighted by molar-refractivity contribution is 7.15. The normalized spacial score (nSPS) is 10.8. The first kappa shape index (κ1) is 12.3. The van der Waals surface area contributed by atoms with E-state index in [4.69, 9.17) is 0 Å². The van der Waals surface area contributed by atoms with Crippen molar-refractivity contribution in [3.05, 3.63) is 40.4 Å². The molecule has 1 N–H and O–H groups in total. The number of nitrogens with one attached hydrogen (secondary N) is 1. The predicted molar refractivity (Wildman–Crippen MR) is 74.4 cm³/mol. The zero-order chi connectivity index (χ0) is 12.3. The Kier molecular flexibility index (Phi) is 3.92. The summed E-state index contributed by atoms with van der Waals surface area (Å²) >= 11 is 1.78. The molecular weight excluding hydrogens is 228 g/mol. The molecule has 0 amide bonds. The number of benzene rings is 1. The van der Waals surface area contributed by atoms with Crippen LogP contribution in [0.1, 0.15) is 23.1 Å². The van der Waals surface area contributed by atoms with Crippen molar-refractivity contribution in [3.8, 4) is 10.6 Å². The van der Waals surface area contributed by atoms with Crippen LogP contribution >= 0.6 is 11.3 Å². The van der Waals surface area contributed by atoms with Gasteiger partial charge in [0.1, 0.15) is 5.01 Å². The summed E-state index contributed by atoms with van der Waals surface area (Å²) < 4.78 is 0. The molecule has 0 bridgehead atoms. The SMILES string of the molecule is CCc1ccc(-c2nc(C)c(CNC)s2)cc1. The summed E-state index contributed by atoms with van der Waals surface area (Å²) in [4.78, 5) is 5.95. The molecule has 0 saturated carbocycles. The lowest BCUT2D eigenvalue weighted by molar-refractivity contribution is 0.823. The minimum atomic E-state index is 0.899. The van der Waals surface area contributed by atoms with Crippen molar-refractivity contribution in [2.45, 2.75) is 26.8 Å². The van der Waals surface area contributed by atoms with Gasteiger partial charge in [-0.15, -0.1) is 11.3 Å². The van der Waals surface area contributed by atoms with Gasteiger partial charge in [0.15, 0.2) is 0 Å². The van der Waals surface area contributed by atoms with E-state index in [2.05, 4.69) is 48.4 Å². The Morgan fingerprint density at radius 1 is 1.24 bits per heavy atom. The molecule has 0 spiro atoms. The third-order valence-electron chi connectivity index (χ3n) is 2.84. The Hall–Kier alpha value is -1.19.